The SMILES string of the molecule is CNCC(C)S(=O)(=O)NCC(C)OC. The maximum atomic E-state index is 11.5. The van der Waals surface area contributed by atoms with Crippen LogP contribution in [-0.2, 0) is 14.8 Å². The fourth-order valence-electron chi connectivity index (χ4n) is 0.856. The number of hydrogen-bond acceptors (Lipinski definition) is 4. The molecule has 2 atom stereocenters. The molecule has 86 valence electrons. The van der Waals surface area contributed by atoms with Gasteiger partial charge >= 0.3 is 0 Å². The molecule has 0 bridgehead atoms. The second-order valence-corrected chi connectivity index (χ2v) is 5.49. The first-order chi connectivity index (χ1) is 6.44. The molecule has 6 heteroatoms. The smallest absolute Gasteiger partial charge is 0.215 e. The van der Waals surface area contributed by atoms with Gasteiger partial charge in [-0.2, -0.15) is 0 Å². The first-order valence-electron chi connectivity index (χ1n) is 4.60. The van der Waals surface area contributed by atoms with Crippen LogP contribution in [0, 0.1) is 0 Å². The first kappa shape index (κ1) is 13.8. The summed E-state index contributed by atoms with van der Waals surface area (Å²) in [6, 6.07) is 0. The van der Waals surface area contributed by atoms with Crippen LogP contribution in [-0.4, -0.2) is 47.0 Å². The average molecular weight is 224 g/mol. The number of ether oxygens (including phenoxy) is 1. The van der Waals surface area contributed by atoms with Gasteiger partial charge in [0.05, 0.1) is 11.4 Å². The van der Waals surface area contributed by atoms with Crippen molar-refractivity contribution in [2.24, 2.45) is 0 Å². The number of methoxy groups -OCH3 is 1. The summed E-state index contributed by atoms with van der Waals surface area (Å²) in [6.45, 7) is 4.23. The van der Waals surface area contributed by atoms with E-state index in [0.717, 1.165) is 0 Å². The van der Waals surface area contributed by atoms with E-state index in [2.05, 4.69) is 10.0 Å². The van der Waals surface area contributed by atoms with Crippen molar-refractivity contribution >= 4 is 10.0 Å². The molecule has 0 radical (unpaired) electrons. The Hall–Kier alpha value is -0.170. The molecule has 0 fully saturated rings. The van der Waals surface area contributed by atoms with Crippen LogP contribution in [0.1, 0.15) is 13.8 Å². The van der Waals surface area contributed by atoms with Gasteiger partial charge in [-0.05, 0) is 20.9 Å². The largest absolute Gasteiger partial charge is 0.380 e. The van der Waals surface area contributed by atoms with Crippen LogP contribution < -0.4 is 10.0 Å². The summed E-state index contributed by atoms with van der Waals surface area (Å²) in [4.78, 5) is 0. The predicted molar refractivity (Wildman–Crippen MR) is 56.8 cm³/mol. The minimum absolute atomic E-state index is 0.105. The van der Waals surface area contributed by atoms with E-state index in [1.54, 1.807) is 21.1 Å². The zero-order valence-electron chi connectivity index (χ0n) is 9.20. The van der Waals surface area contributed by atoms with Crippen molar-refractivity contribution in [3.05, 3.63) is 0 Å². The molecule has 0 spiro atoms. The van der Waals surface area contributed by atoms with Gasteiger partial charge in [0.15, 0.2) is 0 Å². The lowest BCUT2D eigenvalue weighted by atomic mass is 10.4. The Bertz CT molecular complexity index is 241. The van der Waals surface area contributed by atoms with Gasteiger partial charge in [0.1, 0.15) is 0 Å². The fraction of sp³-hybridized carbons (Fsp3) is 1.00. The van der Waals surface area contributed by atoms with Gasteiger partial charge < -0.3 is 10.1 Å². The van der Waals surface area contributed by atoms with Crippen molar-refractivity contribution in [2.75, 3.05) is 27.2 Å². The summed E-state index contributed by atoms with van der Waals surface area (Å²) >= 11 is 0. The summed E-state index contributed by atoms with van der Waals surface area (Å²) in [6.07, 6.45) is -0.105. The predicted octanol–water partition coefficient (Wildman–Crippen LogP) is -0.451. The maximum Gasteiger partial charge on any atom is 0.215 e. The zero-order chi connectivity index (χ0) is 11.2. The number of hydrogen-bond donors (Lipinski definition) is 2. The Kier molecular flexibility index (Phi) is 6.26. The molecule has 2 N–H and O–H groups in total. The highest BCUT2D eigenvalue weighted by Crippen LogP contribution is 1.97. The van der Waals surface area contributed by atoms with Crippen molar-refractivity contribution in [1.82, 2.24) is 10.0 Å². The quantitative estimate of drug-likeness (QED) is 0.614. The highest BCUT2D eigenvalue weighted by atomic mass is 32.2. The van der Waals surface area contributed by atoms with Gasteiger partial charge in [-0.1, -0.05) is 0 Å². The Labute approximate surface area is 86.3 Å². The Balaban J connectivity index is 4.07. The van der Waals surface area contributed by atoms with E-state index in [-0.39, 0.29) is 6.10 Å². The van der Waals surface area contributed by atoms with Crippen LogP contribution in [0.15, 0.2) is 0 Å². The summed E-state index contributed by atoms with van der Waals surface area (Å²) in [5, 5.41) is 2.39. The van der Waals surface area contributed by atoms with Gasteiger partial charge in [0.25, 0.3) is 0 Å². The minimum Gasteiger partial charge on any atom is -0.380 e. The van der Waals surface area contributed by atoms with Crippen molar-refractivity contribution in [3.63, 3.8) is 0 Å². The molecule has 0 aliphatic rings. The van der Waals surface area contributed by atoms with E-state index in [1.165, 1.54) is 0 Å². The Morgan fingerprint density at radius 3 is 2.29 bits per heavy atom. The van der Waals surface area contributed by atoms with E-state index in [4.69, 9.17) is 4.74 Å². The molecule has 14 heavy (non-hydrogen) atoms. The van der Waals surface area contributed by atoms with Gasteiger partial charge in [0, 0.05) is 20.2 Å². The van der Waals surface area contributed by atoms with Crippen LogP contribution in [0.4, 0.5) is 0 Å². The number of sulfonamides is 1. The molecule has 5 nitrogen and oxygen atoms in total. The molecule has 0 aromatic rings. The van der Waals surface area contributed by atoms with E-state index in [9.17, 15) is 8.42 Å². The fourth-order valence-corrected chi connectivity index (χ4v) is 1.99. The summed E-state index contributed by atoms with van der Waals surface area (Å²) in [5.74, 6) is 0. The van der Waals surface area contributed by atoms with Gasteiger partial charge in [-0.15, -0.1) is 0 Å². The molecule has 0 aromatic carbocycles. The van der Waals surface area contributed by atoms with E-state index in [0.29, 0.717) is 13.1 Å². The van der Waals surface area contributed by atoms with E-state index >= 15 is 0 Å². The molecule has 0 saturated heterocycles. The van der Waals surface area contributed by atoms with Crippen LogP contribution in [0.3, 0.4) is 0 Å². The monoisotopic (exact) mass is 224 g/mol. The third kappa shape index (κ3) is 4.90. The highest BCUT2D eigenvalue weighted by molar-refractivity contribution is 7.90. The van der Waals surface area contributed by atoms with Gasteiger partial charge in [-0.3, -0.25) is 0 Å². The molecular formula is C8H20N2O3S. The molecule has 0 aromatic heterocycles. The van der Waals surface area contributed by atoms with Crippen LogP contribution >= 0.6 is 0 Å². The molecule has 0 aliphatic carbocycles. The lowest BCUT2D eigenvalue weighted by Gasteiger charge is -2.15. The Morgan fingerprint density at radius 1 is 1.29 bits per heavy atom. The topological polar surface area (TPSA) is 67.4 Å². The lowest BCUT2D eigenvalue weighted by Crippen LogP contribution is -2.41. The van der Waals surface area contributed by atoms with Crippen molar-refractivity contribution in [1.29, 1.82) is 0 Å². The van der Waals surface area contributed by atoms with E-state index in [1.807, 2.05) is 6.92 Å². The number of rotatable bonds is 7. The van der Waals surface area contributed by atoms with Crippen molar-refractivity contribution in [3.8, 4) is 0 Å². The third-order valence-electron chi connectivity index (χ3n) is 2.00. The molecule has 0 aliphatic heterocycles. The van der Waals surface area contributed by atoms with Gasteiger partial charge in [-0.25, -0.2) is 13.1 Å². The molecule has 0 heterocycles. The normalized spacial score (nSPS) is 16.6. The Morgan fingerprint density at radius 2 is 1.86 bits per heavy atom. The molecule has 0 rings (SSSR count). The van der Waals surface area contributed by atoms with Crippen LogP contribution in [0.25, 0.3) is 0 Å². The second-order valence-electron chi connectivity index (χ2n) is 3.31. The van der Waals surface area contributed by atoms with Crippen LogP contribution in [0.2, 0.25) is 0 Å². The van der Waals surface area contributed by atoms with Crippen molar-refractivity contribution < 1.29 is 13.2 Å². The van der Waals surface area contributed by atoms with Gasteiger partial charge in [0.2, 0.25) is 10.0 Å². The lowest BCUT2D eigenvalue weighted by molar-refractivity contribution is 0.122. The molecule has 0 amide bonds. The molecule has 2 unspecified atom stereocenters. The summed E-state index contributed by atoms with van der Waals surface area (Å²) < 4.78 is 30.5. The average Bonchev–Trinajstić information content (AvgIpc) is 2.14. The van der Waals surface area contributed by atoms with Crippen molar-refractivity contribution in [2.45, 2.75) is 25.2 Å². The molecular weight excluding hydrogens is 204 g/mol. The second kappa shape index (κ2) is 6.34. The summed E-state index contributed by atoms with van der Waals surface area (Å²) in [7, 11) is 0.0575. The third-order valence-corrected chi connectivity index (χ3v) is 3.79. The number of nitrogens with one attached hydrogen (secondary N) is 2. The minimum atomic E-state index is -3.22. The van der Waals surface area contributed by atoms with Crippen LogP contribution in [0.5, 0.6) is 0 Å². The standard InChI is InChI=1S/C8H20N2O3S/c1-7(13-4)5-10-14(11,12)8(2)6-9-3/h7-10H,5-6H2,1-4H3. The molecule has 0 saturated carbocycles. The maximum absolute atomic E-state index is 11.5. The van der Waals surface area contributed by atoms with E-state index < -0.39 is 15.3 Å². The highest BCUT2D eigenvalue weighted by Gasteiger charge is 2.19. The summed E-state index contributed by atoms with van der Waals surface area (Å²) in [5.41, 5.74) is 0. The zero-order valence-corrected chi connectivity index (χ0v) is 10.0. The first-order valence-corrected chi connectivity index (χ1v) is 6.14.